The zero-order chi connectivity index (χ0) is 12.5. The van der Waals surface area contributed by atoms with E-state index in [2.05, 4.69) is 35.1 Å². The summed E-state index contributed by atoms with van der Waals surface area (Å²) in [6.45, 7) is 1.71. The van der Waals surface area contributed by atoms with Crippen LogP contribution in [0.15, 0.2) is 18.2 Å². The highest BCUT2D eigenvalue weighted by molar-refractivity contribution is 5.80. The molecule has 0 bridgehead atoms. The van der Waals surface area contributed by atoms with E-state index < -0.39 is 0 Å². The summed E-state index contributed by atoms with van der Waals surface area (Å²) >= 11 is 0. The Bertz CT molecular complexity index is 555. The maximum atomic E-state index is 5.42. The average molecular weight is 245 g/mol. The normalized spacial score (nSPS) is 17.2. The van der Waals surface area contributed by atoms with Crippen LogP contribution in [0, 0.1) is 0 Å². The van der Waals surface area contributed by atoms with Gasteiger partial charge in [0.05, 0.1) is 11.0 Å². The van der Waals surface area contributed by atoms with Gasteiger partial charge in [0.2, 0.25) is 0 Å². The Morgan fingerprint density at radius 1 is 1.33 bits per heavy atom. The van der Waals surface area contributed by atoms with E-state index in [0.717, 1.165) is 37.3 Å². The van der Waals surface area contributed by atoms with E-state index in [1.165, 1.54) is 11.3 Å². The molecule has 2 heterocycles. The van der Waals surface area contributed by atoms with Crippen LogP contribution in [-0.2, 0) is 11.8 Å². The molecule has 1 fully saturated rings. The topological polar surface area (TPSA) is 39.1 Å². The first-order chi connectivity index (χ1) is 8.79. The van der Waals surface area contributed by atoms with Crippen LogP contribution in [0.2, 0.25) is 0 Å². The SMILES string of the molecule is CNc1ccc2c(c1)nc(C1CCOCC1)n2C. The molecule has 1 aromatic carbocycles. The standard InChI is InChI=1S/C14H19N3O/c1-15-11-3-4-13-12(9-11)16-14(17(13)2)10-5-7-18-8-6-10/h3-4,9-10,15H,5-8H2,1-2H3. The lowest BCUT2D eigenvalue weighted by Crippen LogP contribution is -2.17. The van der Waals surface area contributed by atoms with Gasteiger partial charge in [-0.25, -0.2) is 4.98 Å². The minimum atomic E-state index is 0.536. The predicted octanol–water partition coefficient (Wildman–Crippen LogP) is 2.51. The summed E-state index contributed by atoms with van der Waals surface area (Å²) in [4.78, 5) is 4.81. The molecule has 0 radical (unpaired) electrons. The second kappa shape index (κ2) is 4.61. The third-order valence-corrected chi connectivity index (χ3v) is 3.79. The van der Waals surface area contributed by atoms with Crippen molar-refractivity contribution in [2.24, 2.45) is 7.05 Å². The maximum absolute atomic E-state index is 5.42. The molecule has 0 aliphatic carbocycles. The van der Waals surface area contributed by atoms with Crippen LogP contribution in [0.3, 0.4) is 0 Å². The van der Waals surface area contributed by atoms with E-state index in [9.17, 15) is 0 Å². The fourth-order valence-corrected chi connectivity index (χ4v) is 2.69. The Morgan fingerprint density at radius 2 is 2.11 bits per heavy atom. The van der Waals surface area contributed by atoms with E-state index in [1.807, 2.05) is 7.05 Å². The van der Waals surface area contributed by atoms with Crippen molar-refractivity contribution >= 4 is 16.7 Å². The van der Waals surface area contributed by atoms with Gasteiger partial charge >= 0.3 is 0 Å². The predicted molar refractivity (Wildman–Crippen MR) is 73.1 cm³/mol. The second-order valence-electron chi connectivity index (χ2n) is 4.87. The Morgan fingerprint density at radius 3 is 2.83 bits per heavy atom. The molecule has 4 heteroatoms. The number of rotatable bonds is 2. The largest absolute Gasteiger partial charge is 0.388 e. The van der Waals surface area contributed by atoms with Gasteiger partial charge in [0, 0.05) is 38.9 Å². The summed E-state index contributed by atoms with van der Waals surface area (Å²) < 4.78 is 7.65. The smallest absolute Gasteiger partial charge is 0.112 e. The van der Waals surface area contributed by atoms with Gasteiger partial charge < -0.3 is 14.6 Å². The number of hydrogen-bond acceptors (Lipinski definition) is 3. The van der Waals surface area contributed by atoms with Crippen molar-refractivity contribution in [1.82, 2.24) is 9.55 Å². The van der Waals surface area contributed by atoms with E-state index in [4.69, 9.17) is 9.72 Å². The molecule has 4 nitrogen and oxygen atoms in total. The Balaban J connectivity index is 2.04. The number of benzene rings is 1. The maximum Gasteiger partial charge on any atom is 0.112 e. The molecule has 0 atom stereocenters. The van der Waals surface area contributed by atoms with Crippen molar-refractivity contribution in [2.45, 2.75) is 18.8 Å². The van der Waals surface area contributed by atoms with Gasteiger partial charge in [0.1, 0.15) is 5.82 Å². The van der Waals surface area contributed by atoms with Crippen LogP contribution >= 0.6 is 0 Å². The van der Waals surface area contributed by atoms with Crippen LogP contribution < -0.4 is 5.32 Å². The Labute approximate surface area is 107 Å². The summed E-state index contributed by atoms with van der Waals surface area (Å²) in [6.07, 6.45) is 2.16. The van der Waals surface area contributed by atoms with E-state index in [-0.39, 0.29) is 0 Å². The number of ether oxygens (including phenoxy) is 1. The van der Waals surface area contributed by atoms with Crippen molar-refractivity contribution in [3.05, 3.63) is 24.0 Å². The molecule has 3 rings (SSSR count). The van der Waals surface area contributed by atoms with Gasteiger partial charge in [-0.15, -0.1) is 0 Å². The number of anilines is 1. The van der Waals surface area contributed by atoms with Gasteiger partial charge in [-0.2, -0.15) is 0 Å². The first-order valence-electron chi connectivity index (χ1n) is 6.51. The number of hydrogen-bond donors (Lipinski definition) is 1. The molecule has 0 spiro atoms. The summed E-state index contributed by atoms with van der Waals surface area (Å²) in [6, 6.07) is 6.34. The lowest BCUT2D eigenvalue weighted by atomic mass is 9.99. The summed E-state index contributed by atoms with van der Waals surface area (Å²) in [7, 11) is 4.04. The zero-order valence-corrected chi connectivity index (χ0v) is 10.9. The van der Waals surface area contributed by atoms with Crippen molar-refractivity contribution in [2.75, 3.05) is 25.6 Å². The number of nitrogens with one attached hydrogen (secondary N) is 1. The van der Waals surface area contributed by atoms with Crippen molar-refractivity contribution in [1.29, 1.82) is 0 Å². The molecular formula is C14H19N3O. The van der Waals surface area contributed by atoms with E-state index in [0.29, 0.717) is 5.92 Å². The van der Waals surface area contributed by atoms with E-state index in [1.54, 1.807) is 0 Å². The van der Waals surface area contributed by atoms with Crippen LogP contribution in [0.1, 0.15) is 24.6 Å². The van der Waals surface area contributed by atoms with Crippen molar-refractivity contribution < 1.29 is 4.74 Å². The number of aryl methyl sites for hydroxylation is 1. The number of imidazole rings is 1. The molecule has 1 aliphatic heterocycles. The number of nitrogens with zero attached hydrogens (tertiary/aromatic N) is 2. The highest BCUT2D eigenvalue weighted by Gasteiger charge is 2.21. The fraction of sp³-hybridized carbons (Fsp3) is 0.500. The van der Waals surface area contributed by atoms with E-state index >= 15 is 0 Å². The molecule has 0 saturated carbocycles. The quantitative estimate of drug-likeness (QED) is 0.883. The zero-order valence-electron chi connectivity index (χ0n) is 10.9. The Kier molecular flexibility index (Phi) is 2.96. The molecule has 0 amide bonds. The third-order valence-electron chi connectivity index (χ3n) is 3.79. The molecule has 0 unspecified atom stereocenters. The highest BCUT2D eigenvalue weighted by atomic mass is 16.5. The van der Waals surface area contributed by atoms with Gasteiger partial charge in [0.15, 0.2) is 0 Å². The third kappa shape index (κ3) is 1.86. The van der Waals surface area contributed by atoms with Crippen LogP contribution in [-0.4, -0.2) is 29.8 Å². The van der Waals surface area contributed by atoms with Crippen molar-refractivity contribution in [3.8, 4) is 0 Å². The van der Waals surface area contributed by atoms with Gasteiger partial charge in [-0.3, -0.25) is 0 Å². The second-order valence-corrected chi connectivity index (χ2v) is 4.87. The van der Waals surface area contributed by atoms with Gasteiger partial charge in [-0.05, 0) is 31.0 Å². The van der Waals surface area contributed by atoms with Crippen LogP contribution in [0.25, 0.3) is 11.0 Å². The molecule has 1 aliphatic rings. The number of aromatic nitrogens is 2. The van der Waals surface area contributed by atoms with Crippen LogP contribution in [0.4, 0.5) is 5.69 Å². The van der Waals surface area contributed by atoms with Gasteiger partial charge in [-0.1, -0.05) is 0 Å². The Hall–Kier alpha value is -1.55. The van der Waals surface area contributed by atoms with Crippen molar-refractivity contribution in [3.63, 3.8) is 0 Å². The van der Waals surface area contributed by atoms with Crippen LogP contribution in [0.5, 0.6) is 0 Å². The molecule has 96 valence electrons. The molecule has 2 aromatic rings. The van der Waals surface area contributed by atoms with Gasteiger partial charge in [0.25, 0.3) is 0 Å². The summed E-state index contributed by atoms with van der Waals surface area (Å²) in [5.41, 5.74) is 3.39. The molecule has 1 saturated heterocycles. The minimum absolute atomic E-state index is 0.536. The molecule has 18 heavy (non-hydrogen) atoms. The lowest BCUT2D eigenvalue weighted by Gasteiger charge is -2.21. The summed E-state index contributed by atoms with van der Waals surface area (Å²) in [5.74, 6) is 1.73. The molecule has 1 aromatic heterocycles. The highest BCUT2D eigenvalue weighted by Crippen LogP contribution is 2.29. The first kappa shape index (κ1) is 11.5. The first-order valence-corrected chi connectivity index (χ1v) is 6.51. The number of fused-ring (bicyclic) bond motifs is 1. The fourth-order valence-electron chi connectivity index (χ4n) is 2.69. The lowest BCUT2D eigenvalue weighted by molar-refractivity contribution is 0.0831. The monoisotopic (exact) mass is 245 g/mol. The molecular weight excluding hydrogens is 226 g/mol. The average Bonchev–Trinajstić information content (AvgIpc) is 2.76. The summed E-state index contributed by atoms with van der Waals surface area (Å²) in [5, 5.41) is 3.16. The molecule has 1 N–H and O–H groups in total. The minimum Gasteiger partial charge on any atom is -0.388 e.